The summed E-state index contributed by atoms with van der Waals surface area (Å²) in [5.74, 6) is -3.20. The first-order valence-corrected chi connectivity index (χ1v) is 6.79. The molecule has 0 atom stereocenters. The van der Waals surface area contributed by atoms with Gasteiger partial charge in [0.05, 0.1) is 24.5 Å². The molecule has 120 valence electrons. The van der Waals surface area contributed by atoms with Crippen LogP contribution in [0, 0.1) is 11.6 Å². The van der Waals surface area contributed by atoms with Gasteiger partial charge in [0.1, 0.15) is 13.2 Å². The van der Waals surface area contributed by atoms with Crippen LogP contribution in [0.15, 0.2) is 12.1 Å². The molecule has 1 aliphatic heterocycles. The summed E-state index contributed by atoms with van der Waals surface area (Å²) in [5.41, 5.74) is 0.359. The van der Waals surface area contributed by atoms with Crippen molar-refractivity contribution in [1.82, 2.24) is 0 Å². The fourth-order valence-corrected chi connectivity index (χ4v) is 2.01. The predicted octanol–water partition coefficient (Wildman–Crippen LogP) is 1.30. The molecule has 0 bridgehead atoms. The normalized spacial score (nSPS) is 13.6. The van der Waals surface area contributed by atoms with Gasteiger partial charge >= 0.3 is 5.97 Å². The number of fused-ring (bicyclic) bond motifs is 1. The molecule has 0 unspecified atom stereocenters. The van der Waals surface area contributed by atoms with Gasteiger partial charge in [-0.2, -0.15) is 0 Å². The highest BCUT2D eigenvalue weighted by atomic mass is 19.2. The van der Waals surface area contributed by atoms with Crippen molar-refractivity contribution in [2.45, 2.75) is 6.92 Å². The second kappa shape index (κ2) is 7.17. The minimum Gasteiger partial charge on any atom is -0.462 e. The van der Waals surface area contributed by atoms with E-state index in [1.807, 2.05) is 6.92 Å². The molecular formula is C14H16F2N2O4. The van der Waals surface area contributed by atoms with E-state index in [1.54, 1.807) is 0 Å². The third-order valence-electron chi connectivity index (χ3n) is 3.04. The van der Waals surface area contributed by atoms with Crippen LogP contribution < -0.4 is 10.2 Å². The molecule has 0 aliphatic carbocycles. The Hall–Kier alpha value is -2.22. The zero-order valence-corrected chi connectivity index (χ0v) is 12.0. The summed E-state index contributed by atoms with van der Waals surface area (Å²) in [7, 11) is 0. The Morgan fingerprint density at radius 2 is 2.05 bits per heavy atom. The standard InChI is InChI=1S/C14H16F2N2O4/c1-2-21-3-4-22-14(20)8-18-12-6-10(16)9(15)5-11(12)17-7-13(18)19/h5-6,17H,2-4,7-8H2,1H3. The number of carbonyl (C=O) groups excluding carboxylic acids is 2. The lowest BCUT2D eigenvalue weighted by atomic mass is 10.2. The fraction of sp³-hybridized carbons (Fsp3) is 0.429. The molecule has 0 radical (unpaired) electrons. The van der Waals surface area contributed by atoms with Gasteiger partial charge in [0, 0.05) is 18.7 Å². The largest absolute Gasteiger partial charge is 0.462 e. The average molecular weight is 314 g/mol. The van der Waals surface area contributed by atoms with Crippen molar-refractivity contribution in [3.63, 3.8) is 0 Å². The van der Waals surface area contributed by atoms with Crippen molar-refractivity contribution < 1.29 is 27.8 Å². The molecular weight excluding hydrogens is 298 g/mol. The van der Waals surface area contributed by atoms with E-state index in [2.05, 4.69) is 5.32 Å². The first kappa shape index (κ1) is 16.2. The van der Waals surface area contributed by atoms with E-state index in [0.717, 1.165) is 17.0 Å². The molecule has 0 spiro atoms. The van der Waals surface area contributed by atoms with Gasteiger partial charge in [0.15, 0.2) is 11.6 Å². The van der Waals surface area contributed by atoms with Gasteiger partial charge in [0.25, 0.3) is 0 Å². The van der Waals surface area contributed by atoms with Crippen molar-refractivity contribution in [2.75, 3.05) is 43.1 Å². The highest BCUT2D eigenvalue weighted by Crippen LogP contribution is 2.31. The van der Waals surface area contributed by atoms with Gasteiger partial charge in [-0.1, -0.05) is 0 Å². The third kappa shape index (κ3) is 3.70. The SMILES string of the molecule is CCOCCOC(=O)CN1C(=O)CNc2cc(F)c(F)cc21. The van der Waals surface area contributed by atoms with Crippen LogP contribution in [0.2, 0.25) is 0 Å². The zero-order chi connectivity index (χ0) is 16.1. The number of nitrogens with one attached hydrogen (secondary N) is 1. The molecule has 1 amide bonds. The van der Waals surface area contributed by atoms with Crippen molar-refractivity contribution >= 4 is 23.3 Å². The van der Waals surface area contributed by atoms with Gasteiger partial charge in [0.2, 0.25) is 5.91 Å². The molecule has 6 nitrogen and oxygen atoms in total. The Labute approximate surface area is 126 Å². The number of hydrogen-bond acceptors (Lipinski definition) is 5. The fourth-order valence-electron chi connectivity index (χ4n) is 2.01. The molecule has 1 N–H and O–H groups in total. The number of esters is 1. The molecule has 22 heavy (non-hydrogen) atoms. The van der Waals surface area contributed by atoms with Crippen molar-refractivity contribution in [1.29, 1.82) is 0 Å². The van der Waals surface area contributed by atoms with E-state index >= 15 is 0 Å². The predicted molar refractivity (Wildman–Crippen MR) is 74.7 cm³/mol. The number of hydrogen-bond donors (Lipinski definition) is 1. The average Bonchev–Trinajstić information content (AvgIpc) is 2.49. The Bertz CT molecular complexity index is 580. The second-order valence-electron chi connectivity index (χ2n) is 4.53. The van der Waals surface area contributed by atoms with Gasteiger partial charge in [-0.25, -0.2) is 8.78 Å². The van der Waals surface area contributed by atoms with Crippen LogP contribution in [0.25, 0.3) is 0 Å². The lowest BCUT2D eigenvalue weighted by Gasteiger charge is -2.29. The van der Waals surface area contributed by atoms with Crippen LogP contribution in [0.1, 0.15) is 6.92 Å². The first-order valence-electron chi connectivity index (χ1n) is 6.79. The molecule has 0 saturated heterocycles. The number of rotatable bonds is 6. The van der Waals surface area contributed by atoms with Crippen LogP contribution in [0.4, 0.5) is 20.2 Å². The summed E-state index contributed by atoms with van der Waals surface area (Å²) in [6, 6.07) is 1.83. The Kier molecular flexibility index (Phi) is 5.26. The van der Waals surface area contributed by atoms with Gasteiger partial charge in [-0.05, 0) is 6.92 Å². The number of nitrogens with zero attached hydrogens (tertiary/aromatic N) is 1. The zero-order valence-electron chi connectivity index (χ0n) is 12.0. The Morgan fingerprint density at radius 1 is 1.32 bits per heavy atom. The van der Waals surface area contributed by atoms with Crippen molar-refractivity contribution in [2.24, 2.45) is 0 Å². The molecule has 1 aromatic carbocycles. The molecule has 0 saturated carbocycles. The molecule has 1 aromatic rings. The van der Waals surface area contributed by atoms with Gasteiger partial charge in [-0.3, -0.25) is 14.5 Å². The van der Waals surface area contributed by atoms with Gasteiger partial charge < -0.3 is 14.8 Å². The lowest BCUT2D eigenvalue weighted by Crippen LogP contribution is -2.43. The quantitative estimate of drug-likeness (QED) is 0.633. The van der Waals surface area contributed by atoms with Crippen LogP contribution in [-0.2, 0) is 19.1 Å². The number of benzene rings is 1. The number of amides is 1. The third-order valence-corrected chi connectivity index (χ3v) is 3.04. The van der Waals surface area contributed by atoms with Crippen LogP contribution >= 0.6 is 0 Å². The van der Waals surface area contributed by atoms with Crippen molar-refractivity contribution in [3.05, 3.63) is 23.8 Å². The van der Waals surface area contributed by atoms with Crippen molar-refractivity contribution in [3.8, 4) is 0 Å². The Balaban J connectivity index is 2.06. The molecule has 0 aromatic heterocycles. The minimum atomic E-state index is -1.09. The van der Waals surface area contributed by atoms with E-state index in [9.17, 15) is 18.4 Å². The maximum atomic E-state index is 13.4. The molecule has 0 fully saturated rings. The highest BCUT2D eigenvalue weighted by Gasteiger charge is 2.27. The highest BCUT2D eigenvalue weighted by molar-refractivity contribution is 6.05. The summed E-state index contributed by atoms with van der Waals surface area (Å²) in [6.45, 7) is 2.17. The van der Waals surface area contributed by atoms with Crippen LogP contribution in [-0.4, -0.2) is 44.8 Å². The topological polar surface area (TPSA) is 67.9 Å². The summed E-state index contributed by atoms with van der Waals surface area (Å²) in [5, 5.41) is 2.67. The van der Waals surface area contributed by atoms with E-state index in [1.165, 1.54) is 0 Å². The number of halogens is 2. The van der Waals surface area contributed by atoms with E-state index in [-0.39, 0.29) is 37.7 Å². The summed E-state index contributed by atoms with van der Waals surface area (Å²) in [6.07, 6.45) is 0. The maximum absolute atomic E-state index is 13.4. The van der Waals surface area contributed by atoms with E-state index in [4.69, 9.17) is 9.47 Å². The summed E-state index contributed by atoms with van der Waals surface area (Å²) in [4.78, 5) is 24.7. The summed E-state index contributed by atoms with van der Waals surface area (Å²) >= 11 is 0. The smallest absolute Gasteiger partial charge is 0.326 e. The molecule has 1 aliphatic rings. The monoisotopic (exact) mass is 314 g/mol. The number of carbonyl (C=O) groups is 2. The maximum Gasteiger partial charge on any atom is 0.326 e. The Morgan fingerprint density at radius 3 is 2.77 bits per heavy atom. The second-order valence-corrected chi connectivity index (χ2v) is 4.53. The number of anilines is 2. The van der Waals surface area contributed by atoms with Gasteiger partial charge in [-0.15, -0.1) is 0 Å². The summed E-state index contributed by atoms with van der Waals surface area (Å²) < 4.78 is 36.5. The first-order chi connectivity index (χ1) is 10.5. The minimum absolute atomic E-state index is 0.0671. The van der Waals surface area contributed by atoms with Crippen LogP contribution in [0.5, 0.6) is 0 Å². The molecule has 8 heteroatoms. The van der Waals surface area contributed by atoms with Crippen LogP contribution in [0.3, 0.4) is 0 Å². The van der Waals surface area contributed by atoms with E-state index in [0.29, 0.717) is 6.61 Å². The lowest BCUT2D eigenvalue weighted by molar-refractivity contribution is -0.144. The number of ether oxygens (including phenoxy) is 2. The molecule has 2 rings (SSSR count). The van der Waals surface area contributed by atoms with E-state index < -0.39 is 23.5 Å². The molecule has 1 heterocycles.